The van der Waals surface area contributed by atoms with E-state index in [2.05, 4.69) is 10.2 Å². The number of carbonyl (C=O) groups excluding carboxylic acids is 2. The fourth-order valence-corrected chi connectivity index (χ4v) is 5.36. The second-order valence-electron chi connectivity index (χ2n) is 9.25. The zero-order valence-electron chi connectivity index (χ0n) is 18.9. The van der Waals surface area contributed by atoms with Crippen molar-refractivity contribution < 1.29 is 14.3 Å². The lowest BCUT2D eigenvalue weighted by Gasteiger charge is -2.36. The summed E-state index contributed by atoms with van der Waals surface area (Å²) in [6, 6.07) is 9.49. The minimum Gasteiger partial charge on any atom is -0.444 e. The van der Waals surface area contributed by atoms with Crippen molar-refractivity contribution in [1.82, 2.24) is 15.1 Å². The lowest BCUT2D eigenvalue weighted by molar-refractivity contribution is 0.00986. The molecule has 1 aromatic carbocycles. The molecule has 1 aliphatic rings. The first-order valence-electron chi connectivity index (χ1n) is 11.0. The van der Waals surface area contributed by atoms with E-state index in [4.69, 9.17) is 22.1 Å². The number of thiophene rings is 1. The predicted molar refractivity (Wildman–Crippen MR) is 131 cm³/mol. The summed E-state index contributed by atoms with van der Waals surface area (Å²) in [6.07, 6.45) is 3.04. The maximum atomic E-state index is 12.8. The van der Waals surface area contributed by atoms with Gasteiger partial charge >= 0.3 is 6.09 Å². The normalized spacial score (nSPS) is 16.7. The fraction of sp³-hybridized carbons (Fsp3) is 0.417. The summed E-state index contributed by atoms with van der Waals surface area (Å²) in [7, 11) is 0. The van der Waals surface area contributed by atoms with Crippen LogP contribution >= 0.6 is 22.9 Å². The van der Waals surface area contributed by atoms with Gasteiger partial charge in [-0.15, -0.1) is 16.4 Å². The number of piperidine rings is 1. The summed E-state index contributed by atoms with van der Waals surface area (Å²) in [4.78, 5) is 27.6. The third-order valence-corrected chi connectivity index (χ3v) is 7.02. The molecular weight excluding hydrogens is 460 g/mol. The Balaban J connectivity index is 1.71. The summed E-state index contributed by atoms with van der Waals surface area (Å²) in [5, 5.41) is 10.0. The lowest BCUT2D eigenvalue weighted by Crippen LogP contribution is -2.47. The van der Waals surface area contributed by atoms with Gasteiger partial charge in [0, 0.05) is 34.3 Å². The Labute approximate surface area is 201 Å². The zero-order chi connectivity index (χ0) is 23.8. The van der Waals surface area contributed by atoms with Crippen molar-refractivity contribution in [2.75, 3.05) is 6.54 Å². The molecule has 0 bridgehead atoms. The highest BCUT2D eigenvalue weighted by atomic mass is 35.5. The molecule has 2 aromatic heterocycles. The number of nitrogens with zero attached hydrogens (tertiary/aromatic N) is 3. The second-order valence-corrected chi connectivity index (χ2v) is 10.7. The van der Waals surface area contributed by atoms with E-state index in [1.165, 1.54) is 11.3 Å². The minimum absolute atomic E-state index is 0.0515. The zero-order valence-corrected chi connectivity index (χ0v) is 20.5. The predicted octanol–water partition coefficient (Wildman–Crippen LogP) is 5.44. The Morgan fingerprint density at radius 3 is 2.61 bits per heavy atom. The number of carbonyl (C=O) groups is 2. The highest BCUT2D eigenvalue weighted by molar-refractivity contribution is 7.22. The van der Waals surface area contributed by atoms with Gasteiger partial charge in [0.25, 0.3) is 5.91 Å². The number of hydrogen-bond donors (Lipinski definition) is 1. The van der Waals surface area contributed by atoms with Gasteiger partial charge in [-0.2, -0.15) is 5.10 Å². The molecule has 4 rings (SSSR count). The highest BCUT2D eigenvalue weighted by Gasteiger charge is 2.31. The van der Waals surface area contributed by atoms with Gasteiger partial charge in [-0.1, -0.05) is 23.7 Å². The molecule has 0 aliphatic carbocycles. The van der Waals surface area contributed by atoms with Crippen LogP contribution in [0.5, 0.6) is 0 Å². The quantitative estimate of drug-likeness (QED) is 0.529. The SMILES string of the molecule is CC(C)(C)OC(=O)N1CCCCC1Cc1nnc(C(N)=O)c2sc(-c3ccc(Cl)cc3)cc12. The van der Waals surface area contributed by atoms with Crippen molar-refractivity contribution in [1.29, 1.82) is 0 Å². The number of likely N-dealkylation sites (tertiary alicyclic amines) is 1. The number of hydrogen-bond acceptors (Lipinski definition) is 6. The third kappa shape index (κ3) is 5.28. The van der Waals surface area contributed by atoms with Gasteiger partial charge in [-0.05, 0) is 63.8 Å². The van der Waals surface area contributed by atoms with E-state index in [0.717, 1.165) is 40.8 Å². The Hall–Kier alpha value is -2.71. The fourth-order valence-electron chi connectivity index (χ4n) is 4.06. The molecular formula is C24H27ClN4O3S. The van der Waals surface area contributed by atoms with Gasteiger partial charge in [0.15, 0.2) is 5.69 Å². The van der Waals surface area contributed by atoms with Crippen LogP contribution in [-0.4, -0.2) is 45.3 Å². The first-order valence-corrected chi connectivity index (χ1v) is 12.2. The highest BCUT2D eigenvalue weighted by Crippen LogP contribution is 2.37. The van der Waals surface area contributed by atoms with Crippen LogP contribution in [-0.2, 0) is 11.2 Å². The molecule has 0 radical (unpaired) electrons. The van der Waals surface area contributed by atoms with Crippen molar-refractivity contribution >= 4 is 45.0 Å². The van der Waals surface area contributed by atoms with Gasteiger partial charge in [0.2, 0.25) is 0 Å². The van der Waals surface area contributed by atoms with Crippen LogP contribution in [0.15, 0.2) is 30.3 Å². The first-order chi connectivity index (χ1) is 15.6. The summed E-state index contributed by atoms with van der Waals surface area (Å²) in [6.45, 7) is 6.25. The monoisotopic (exact) mass is 486 g/mol. The number of aromatic nitrogens is 2. The Bertz CT molecular complexity index is 1190. The number of halogens is 1. The van der Waals surface area contributed by atoms with Gasteiger partial charge < -0.3 is 15.4 Å². The molecule has 1 atom stereocenters. The van der Waals surface area contributed by atoms with E-state index >= 15 is 0 Å². The number of nitrogens with two attached hydrogens (primary N) is 1. The molecule has 0 saturated carbocycles. The molecule has 1 unspecified atom stereocenters. The van der Waals surface area contributed by atoms with E-state index in [9.17, 15) is 9.59 Å². The van der Waals surface area contributed by atoms with Crippen LogP contribution in [0.4, 0.5) is 4.79 Å². The van der Waals surface area contributed by atoms with Crippen molar-refractivity contribution in [2.24, 2.45) is 5.73 Å². The van der Waals surface area contributed by atoms with E-state index in [1.54, 1.807) is 4.90 Å². The van der Waals surface area contributed by atoms with Crippen LogP contribution in [0.2, 0.25) is 5.02 Å². The van der Waals surface area contributed by atoms with Crippen LogP contribution in [0.1, 0.15) is 56.2 Å². The minimum atomic E-state index is -0.614. The van der Waals surface area contributed by atoms with Gasteiger partial charge in [-0.3, -0.25) is 4.79 Å². The largest absolute Gasteiger partial charge is 0.444 e. The number of fused-ring (bicyclic) bond motifs is 1. The van der Waals surface area contributed by atoms with Gasteiger partial charge in [0.1, 0.15) is 5.60 Å². The Kier molecular flexibility index (Phi) is 6.59. The molecule has 174 valence electrons. The number of rotatable bonds is 4. The second kappa shape index (κ2) is 9.27. The van der Waals surface area contributed by atoms with Crippen LogP contribution in [0, 0.1) is 0 Å². The van der Waals surface area contributed by atoms with Crippen molar-refractivity contribution in [3.8, 4) is 10.4 Å². The number of primary amides is 1. The molecule has 3 heterocycles. The smallest absolute Gasteiger partial charge is 0.410 e. The molecule has 9 heteroatoms. The molecule has 33 heavy (non-hydrogen) atoms. The molecule has 7 nitrogen and oxygen atoms in total. The number of ether oxygens (including phenoxy) is 1. The topological polar surface area (TPSA) is 98.4 Å². The molecule has 3 aromatic rings. The summed E-state index contributed by atoms with van der Waals surface area (Å²) < 4.78 is 6.34. The first kappa shape index (κ1) is 23.4. The standard InChI is InChI=1S/C24H27ClN4O3S/c1-24(2,3)32-23(31)29-11-5-4-6-16(29)12-18-17-13-19(14-7-9-15(25)10-8-14)33-21(17)20(22(26)30)28-27-18/h7-10,13,16H,4-6,11-12H2,1-3H3,(H2,26,30). The molecule has 1 saturated heterocycles. The van der Waals surface area contributed by atoms with Gasteiger partial charge in [-0.25, -0.2) is 4.79 Å². The van der Waals surface area contributed by atoms with Crippen LogP contribution in [0.3, 0.4) is 0 Å². The Morgan fingerprint density at radius 2 is 1.94 bits per heavy atom. The van der Waals surface area contributed by atoms with Crippen LogP contribution < -0.4 is 5.73 Å². The lowest BCUT2D eigenvalue weighted by atomic mass is 9.97. The van der Waals surface area contributed by atoms with Crippen LogP contribution in [0.25, 0.3) is 20.5 Å². The van der Waals surface area contributed by atoms with E-state index in [0.29, 0.717) is 22.7 Å². The Morgan fingerprint density at radius 1 is 1.21 bits per heavy atom. The van der Waals surface area contributed by atoms with E-state index < -0.39 is 11.5 Å². The summed E-state index contributed by atoms with van der Waals surface area (Å²) >= 11 is 7.49. The van der Waals surface area contributed by atoms with Crippen molar-refractivity contribution in [2.45, 2.75) is 58.1 Å². The molecule has 1 aliphatic heterocycles. The third-order valence-electron chi connectivity index (χ3n) is 5.58. The van der Waals surface area contributed by atoms with Crippen molar-refractivity contribution in [3.63, 3.8) is 0 Å². The average Bonchev–Trinajstić information content (AvgIpc) is 3.19. The maximum absolute atomic E-state index is 12.8. The number of benzene rings is 1. The van der Waals surface area contributed by atoms with E-state index in [1.807, 2.05) is 51.1 Å². The maximum Gasteiger partial charge on any atom is 0.410 e. The average molecular weight is 487 g/mol. The van der Waals surface area contributed by atoms with Gasteiger partial charge in [0.05, 0.1) is 10.4 Å². The molecule has 2 amide bonds. The van der Waals surface area contributed by atoms with Crippen molar-refractivity contribution in [3.05, 3.63) is 46.7 Å². The molecule has 2 N–H and O–H groups in total. The molecule has 0 spiro atoms. The van der Waals surface area contributed by atoms with E-state index in [-0.39, 0.29) is 17.8 Å². The number of amides is 2. The molecule has 1 fully saturated rings. The summed E-state index contributed by atoms with van der Waals surface area (Å²) in [5.41, 5.74) is 6.90. The summed E-state index contributed by atoms with van der Waals surface area (Å²) in [5.74, 6) is -0.614.